The van der Waals surface area contributed by atoms with Crippen molar-refractivity contribution in [3.8, 4) is 22.9 Å². The summed E-state index contributed by atoms with van der Waals surface area (Å²) in [5, 5.41) is 9.31. The molecule has 0 amide bonds. The standard InChI is InChI=1S/C24H24N6/c1-16(2)17-4-6-18(7-5-17)30-23(27-22(28-30)20-15-24(20)9-10-24)21-14-19(8-12-25-21)29-13-3-11-26-29/h3-8,11-14,16,20H,9-10,15H2,1-2H3. The first-order valence-corrected chi connectivity index (χ1v) is 10.7. The van der Waals surface area contributed by atoms with Crippen LogP contribution in [0.4, 0.5) is 0 Å². The molecule has 1 spiro atoms. The zero-order valence-corrected chi connectivity index (χ0v) is 17.2. The minimum atomic E-state index is 0.499. The second-order valence-electron chi connectivity index (χ2n) is 8.92. The van der Waals surface area contributed by atoms with Crippen LogP contribution >= 0.6 is 0 Å². The van der Waals surface area contributed by atoms with E-state index >= 15 is 0 Å². The van der Waals surface area contributed by atoms with Gasteiger partial charge in [-0.2, -0.15) is 10.2 Å². The van der Waals surface area contributed by atoms with Crippen molar-refractivity contribution in [2.75, 3.05) is 0 Å². The highest BCUT2D eigenvalue weighted by Crippen LogP contribution is 2.74. The molecule has 2 aliphatic rings. The van der Waals surface area contributed by atoms with E-state index < -0.39 is 0 Å². The summed E-state index contributed by atoms with van der Waals surface area (Å²) >= 11 is 0. The lowest BCUT2D eigenvalue weighted by Gasteiger charge is -2.09. The summed E-state index contributed by atoms with van der Waals surface area (Å²) in [5.41, 5.74) is 4.61. The molecule has 4 aromatic rings. The highest BCUT2D eigenvalue weighted by Gasteiger charge is 2.64. The van der Waals surface area contributed by atoms with E-state index in [1.165, 1.54) is 24.8 Å². The van der Waals surface area contributed by atoms with Crippen LogP contribution in [0.3, 0.4) is 0 Å². The third-order valence-electron chi connectivity index (χ3n) is 6.56. The number of aromatic nitrogens is 6. The van der Waals surface area contributed by atoms with Crippen molar-refractivity contribution in [3.05, 3.63) is 72.4 Å². The van der Waals surface area contributed by atoms with E-state index in [1.807, 2.05) is 40.0 Å². The van der Waals surface area contributed by atoms with Crippen LogP contribution in [-0.4, -0.2) is 29.5 Å². The molecular formula is C24H24N6. The maximum absolute atomic E-state index is 4.99. The minimum Gasteiger partial charge on any atom is -0.253 e. The van der Waals surface area contributed by atoms with Gasteiger partial charge in [0.2, 0.25) is 0 Å². The molecule has 0 aliphatic heterocycles. The molecule has 1 unspecified atom stereocenters. The first kappa shape index (κ1) is 17.6. The molecule has 0 saturated heterocycles. The van der Waals surface area contributed by atoms with Gasteiger partial charge in [-0.15, -0.1) is 0 Å². The second-order valence-corrected chi connectivity index (χ2v) is 8.92. The molecule has 0 bridgehead atoms. The fourth-order valence-electron chi connectivity index (χ4n) is 4.35. The van der Waals surface area contributed by atoms with Gasteiger partial charge in [-0.25, -0.2) is 14.3 Å². The summed E-state index contributed by atoms with van der Waals surface area (Å²) in [4.78, 5) is 9.63. The van der Waals surface area contributed by atoms with Crippen LogP contribution in [0.5, 0.6) is 0 Å². The van der Waals surface area contributed by atoms with E-state index in [4.69, 9.17) is 10.1 Å². The van der Waals surface area contributed by atoms with Gasteiger partial charge in [-0.1, -0.05) is 26.0 Å². The molecule has 3 aromatic heterocycles. The van der Waals surface area contributed by atoms with Crippen molar-refractivity contribution in [2.45, 2.75) is 44.9 Å². The summed E-state index contributed by atoms with van der Waals surface area (Å²) in [5.74, 6) is 2.75. The summed E-state index contributed by atoms with van der Waals surface area (Å²) in [6, 6.07) is 14.5. The molecule has 150 valence electrons. The molecule has 2 saturated carbocycles. The average Bonchev–Trinajstić information content (AvgIpc) is 3.53. The third kappa shape index (κ3) is 2.86. The number of pyridine rings is 1. The normalized spacial score (nSPS) is 18.8. The Morgan fingerprint density at radius 2 is 1.87 bits per heavy atom. The quantitative estimate of drug-likeness (QED) is 0.481. The van der Waals surface area contributed by atoms with Crippen molar-refractivity contribution in [1.82, 2.24) is 29.5 Å². The SMILES string of the molecule is CC(C)c1ccc(-n2nc(C3CC34CC4)nc2-c2cc(-n3cccn3)ccn2)cc1. The highest BCUT2D eigenvalue weighted by molar-refractivity contribution is 5.57. The lowest BCUT2D eigenvalue weighted by Crippen LogP contribution is -2.02. The predicted molar refractivity (Wildman–Crippen MR) is 115 cm³/mol. The van der Waals surface area contributed by atoms with E-state index in [9.17, 15) is 0 Å². The van der Waals surface area contributed by atoms with Gasteiger partial charge in [-0.05, 0) is 66.5 Å². The van der Waals surface area contributed by atoms with Crippen LogP contribution in [0.2, 0.25) is 0 Å². The molecule has 0 N–H and O–H groups in total. The number of benzene rings is 1. The maximum Gasteiger partial charge on any atom is 0.181 e. The lowest BCUT2D eigenvalue weighted by molar-refractivity contribution is 0.773. The Balaban J connectivity index is 1.45. The van der Waals surface area contributed by atoms with Crippen molar-refractivity contribution < 1.29 is 0 Å². The van der Waals surface area contributed by atoms with Gasteiger partial charge < -0.3 is 0 Å². The molecule has 6 nitrogen and oxygen atoms in total. The molecule has 6 heteroatoms. The Kier molecular flexibility index (Phi) is 3.72. The third-order valence-corrected chi connectivity index (χ3v) is 6.56. The molecular weight excluding hydrogens is 372 g/mol. The fourth-order valence-corrected chi connectivity index (χ4v) is 4.35. The van der Waals surface area contributed by atoms with Gasteiger partial charge in [0, 0.05) is 24.5 Å². The first-order chi connectivity index (χ1) is 14.6. The molecule has 2 aliphatic carbocycles. The van der Waals surface area contributed by atoms with Gasteiger partial charge in [0.1, 0.15) is 5.69 Å². The second kappa shape index (κ2) is 6.36. The van der Waals surface area contributed by atoms with Crippen molar-refractivity contribution in [2.24, 2.45) is 5.41 Å². The van der Waals surface area contributed by atoms with Crippen molar-refractivity contribution in [3.63, 3.8) is 0 Å². The summed E-state index contributed by atoms with van der Waals surface area (Å²) < 4.78 is 3.80. The van der Waals surface area contributed by atoms with Crippen LogP contribution in [0.25, 0.3) is 22.9 Å². The zero-order chi connectivity index (χ0) is 20.3. The van der Waals surface area contributed by atoms with Crippen molar-refractivity contribution >= 4 is 0 Å². The molecule has 2 fully saturated rings. The van der Waals surface area contributed by atoms with Gasteiger partial charge in [-0.3, -0.25) is 4.98 Å². The smallest absolute Gasteiger partial charge is 0.181 e. The number of hydrogen-bond donors (Lipinski definition) is 0. The molecule has 30 heavy (non-hydrogen) atoms. The predicted octanol–water partition coefficient (Wildman–Crippen LogP) is 4.91. The van der Waals surface area contributed by atoms with E-state index in [1.54, 1.807) is 6.20 Å². The van der Waals surface area contributed by atoms with E-state index in [2.05, 4.69) is 48.2 Å². The summed E-state index contributed by atoms with van der Waals surface area (Å²) in [7, 11) is 0. The van der Waals surface area contributed by atoms with Crippen LogP contribution in [0.1, 0.15) is 56.3 Å². The monoisotopic (exact) mass is 396 g/mol. The van der Waals surface area contributed by atoms with Crippen molar-refractivity contribution in [1.29, 1.82) is 0 Å². The fraction of sp³-hybridized carbons (Fsp3) is 0.333. The molecule has 3 heterocycles. The summed E-state index contributed by atoms with van der Waals surface area (Å²) in [6.45, 7) is 4.42. The first-order valence-electron chi connectivity index (χ1n) is 10.7. The number of hydrogen-bond acceptors (Lipinski definition) is 4. The van der Waals surface area contributed by atoms with Gasteiger partial charge in [0.25, 0.3) is 0 Å². The lowest BCUT2D eigenvalue weighted by atomic mass is 10.0. The Morgan fingerprint density at radius 1 is 1.03 bits per heavy atom. The maximum atomic E-state index is 4.99. The molecule has 0 radical (unpaired) electrons. The Morgan fingerprint density at radius 3 is 2.53 bits per heavy atom. The average molecular weight is 396 g/mol. The van der Waals surface area contributed by atoms with Crippen LogP contribution < -0.4 is 0 Å². The van der Waals surface area contributed by atoms with Crippen LogP contribution in [0, 0.1) is 5.41 Å². The van der Waals surface area contributed by atoms with E-state index in [0.29, 0.717) is 17.3 Å². The van der Waals surface area contributed by atoms with Gasteiger partial charge >= 0.3 is 0 Å². The number of nitrogens with zero attached hydrogens (tertiary/aromatic N) is 6. The highest BCUT2D eigenvalue weighted by atomic mass is 15.4. The Hall–Kier alpha value is -3.28. The van der Waals surface area contributed by atoms with Gasteiger partial charge in [0.15, 0.2) is 11.6 Å². The summed E-state index contributed by atoms with van der Waals surface area (Å²) in [6.07, 6.45) is 9.38. The molecule has 1 aromatic carbocycles. The topological polar surface area (TPSA) is 61.4 Å². The Bertz CT molecular complexity index is 1200. The van der Waals surface area contributed by atoms with Crippen LogP contribution in [-0.2, 0) is 0 Å². The largest absolute Gasteiger partial charge is 0.253 e. The Labute approximate surface area is 175 Å². The molecule has 6 rings (SSSR count). The van der Waals surface area contributed by atoms with Gasteiger partial charge in [0.05, 0.1) is 11.4 Å². The van der Waals surface area contributed by atoms with E-state index in [-0.39, 0.29) is 0 Å². The van der Waals surface area contributed by atoms with Crippen LogP contribution in [0.15, 0.2) is 61.1 Å². The number of rotatable bonds is 5. The van der Waals surface area contributed by atoms with E-state index in [0.717, 1.165) is 28.7 Å². The minimum absolute atomic E-state index is 0.499. The zero-order valence-electron chi connectivity index (χ0n) is 17.2. The molecule has 1 atom stereocenters.